The monoisotopic (exact) mass is 294 g/mol. The fourth-order valence-electron chi connectivity index (χ4n) is 2.80. The van der Waals surface area contributed by atoms with Gasteiger partial charge in [-0.2, -0.15) is 0 Å². The first-order valence-electron chi connectivity index (χ1n) is 7.32. The van der Waals surface area contributed by atoms with Crippen LogP contribution in [0.15, 0.2) is 18.2 Å². The number of benzene rings is 1. The summed E-state index contributed by atoms with van der Waals surface area (Å²) in [6.07, 6.45) is 3.63. The molecule has 5 heteroatoms. The zero-order valence-electron chi connectivity index (χ0n) is 12.6. The minimum Gasteiger partial charge on any atom is -0.494 e. The van der Waals surface area contributed by atoms with Gasteiger partial charge in [-0.3, -0.25) is 4.79 Å². The van der Waals surface area contributed by atoms with E-state index >= 15 is 0 Å². The van der Waals surface area contributed by atoms with Crippen LogP contribution in [0.3, 0.4) is 0 Å². The fourth-order valence-corrected chi connectivity index (χ4v) is 2.80. The summed E-state index contributed by atoms with van der Waals surface area (Å²) in [6.45, 7) is 2.39. The predicted octanol–water partition coefficient (Wildman–Crippen LogP) is 2.53. The second-order valence-electron chi connectivity index (χ2n) is 5.92. The van der Waals surface area contributed by atoms with Gasteiger partial charge in [0.2, 0.25) is 5.91 Å². The molecular formula is C16H23FN2O2. The van der Waals surface area contributed by atoms with E-state index in [2.05, 4.69) is 5.32 Å². The number of nitrogens with one attached hydrogen (secondary N) is 1. The van der Waals surface area contributed by atoms with Crippen LogP contribution in [0.5, 0.6) is 5.75 Å². The lowest BCUT2D eigenvalue weighted by Gasteiger charge is -2.40. The highest BCUT2D eigenvalue weighted by Crippen LogP contribution is 2.42. The molecule has 1 aromatic rings. The van der Waals surface area contributed by atoms with Crippen molar-refractivity contribution in [3.63, 3.8) is 0 Å². The van der Waals surface area contributed by atoms with Crippen LogP contribution >= 0.6 is 0 Å². The standard InChI is InChI=1S/C16H23FN2O2/c1-11(12-4-5-14(21-2)13(17)8-12)19-15(20)9-16(10-18)6-3-7-16/h4-5,8,11H,3,6-7,9-10,18H2,1-2H3,(H,19,20). The SMILES string of the molecule is COc1ccc(C(C)NC(=O)CC2(CN)CCC2)cc1F. The lowest BCUT2D eigenvalue weighted by Crippen LogP contribution is -2.42. The molecular weight excluding hydrogens is 271 g/mol. The molecule has 21 heavy (non-hydrogen) atoms. The van der Waals surface area contributed by atoms with Gasteiger partial charge in [0.15, 0.2) is 11.6 Å². The van der Waals surface area contributed by atoms with Gasteiger partial charge in [0.05, 0.1) is 13.2 Å². The van der Waals surface area contributed by atoms with E-state index in [1.165, 1.54) is 13.2 Å². The molecule has 116 valence electrons. The maximum atomic E-state index is 13.7. The zero-order valence-corrected chi connectivity index (χ0v) is 12.6. The number of hydrogen-bond acceptors (Lipinski definition) is 3. The number of rotatable bonds is 6. The van der Waals surface area contributed by atoms with Crippen LogP contribution < -0.4 is 15.8 Å². The minimum absolute atomic E-state index is 0.0189. The van der Waals surface area contributed by atoms with Gasteiger partial charge in [0.1, 0.15) is 0 Å². The molecule has 0 spiro atoms. The highest BCUT2D eigenvalue weighted by Gasteiger charge is 2.37. The Balaban J connectivity index is 1.96. The predicted molar refractivity (Wildman–Crippen MR) is 79.5 cm³/mol. The fraction of sp³-hybridized carbons (Fsp3) is 0.562. The van der Waals surface area contributed by atoms with Gasteiger partial charge in [0.25, 0.3) is 0 Å². The molecule has 1 fully saturated rings. The Morgan fingerprint density at radius 2 is 2.24 bits per heavy atom. The summed E-state index contributed by atoms with van der Waals surface area (Å²) < 4.78 is 18.6. The van der Waals surface area contributed by atoms with Crippen LogP contribution in [0.1, 0.15) is 44.2 Å². The van der Waals surface area contributed by atoms with Gasteiger partial charge < -0.3 is 15.8 Å². The summed E-state index contributed by atoms with van der Waals surface area (Å²) in [5.41, 5.74) is 6.47. The van der Waals surface area contributed by atoms with Gasteiger partial charge in [-0.15, -0.1) is 0 Å². The first-order chi connectivity index (χ1) is 9.99. The van der Waals surface area contributed by atoms with Crippen molar-refractivity contribution in [2.75, 3.05) is 13.7 Å². The molecule has 1 aliphatic carbocycles. The number of amides is 1. The highest BCUT2D eigenvalue weighted by molar-refractivity contribution is 5.77. The Kier molecular flexibility index (Phi) is 4.83. The average Bonchev–Trinajstić information content (AvgIpc) is 2.42. The molecule has 3 N–H and O–H groups in total. The molecule has 1 aromatic carbocycles. The van der Waals surface area contributed by atoms with Crippen molar-refractivity contribution in [2.24, 2.45) is 11.1 Å². The van der Waals surface area contributed by atoms with Crippen molar-refractivity contribution in [1.82, 2.24) is 5.32 Å². The zero-order chi connectivity index (χ0) is 15.5. The molecule has 0 aromatic heterocycles. The van der Waals surface area contributed by atoms with Crippen molar-refractivity contribution in [1.29, 1.82) is 0 Å². The van der Waals surface area contributed by atoms with E-state index in [0.717, 1.165) is 24.8 Å². The Labute approximate surface area is 124 Å². The molecule has 1 aliphatic rings. The number of carbonyl (C=O) groups is 1. The van der Waals surface area contributed by atoms with Crippen molar-refractivity contribution >= 4 is 5.91 Å². The van der Waals surface area contributed by atoms with Crippen molar-refractivity contribution in [3.05, 3.63) is 29.6 Å². The van der Waals surface area contributed by atoms with E-state index in [9.17, 15) is 9.18 Å². The van der Waals surface area contributed by atoms with E-state index in [-0.39, 0.29) is 23.1 Å². The first-order valence-corrected chi connectivity index (χ1v) is 7.32. The summed E-state index contributed by atoms with van der Waals surface area (Å²) in [6, 6.07) is 4.48. The van der Waals surface area contributed by atoms with E-state index in [1.807, 2.05) is 6.92 Å². The Morgan fingerprint density at radius 1 is 1.52 bits per heavy atom. The Morgan fingerprint density at radius 3 is 2.71 bits per heavy atom. The average molecular weight is 294 g/mol. The minimum atomic E-state index is -0.423. The van der Waals surface area contributed by atoms with E-state index in [1.54, 1.807) is 12.1 Å². The second kappa shape index (κ2) is 6.43. The largest absolute Gasteiger partial charge is 0.494 e. The lowest BCUT2D eigenvalue weighted by molar-refractivity contribution is -0.125. The molecule has 1 unspecified atom stereocenters. The van der Waals surface area contributed by atoms with Gasteiger partial charge in [-0.05, 0) is 49.4 Å². The van der Waals surface area contributed by atoms with Crippen molar-refractivity contribution < 1.29 is 13.9 Å². The summed E-state index contributed by atoms with van der Waals surface area (Å²) in [7, 11) is 1.42. The second-order valence-corrected chi connectivity index (χ2v) is 5.92. The van der Waals surface area contributed by atoms with Crippen LogP contribution in [0, 0.1) is 11.2 Å². The molecule has 0 bridgehead atoms. The maximum absolute atomic E-state index is 13.7. The normalized spacial score (nSPS) is 17.7. The lowest BCUT2D eigenvalue weighted by atomic mass is 9.66. The number of ether oxygens (including phenoxy) is 1. The number of carbonyl (C=O) groups excluding carboxylic acids is 1. The van der Waals surface area contributed by atoms with Gasteiger partial charge >= 0.3 is 0 Å². The van der Waals surface area contributed by atoms with E-state index < -0.39 is 5.82 Å². The third-order valence-electron chi connectivity index (χ3n) is 4.44. The van der Waals surface area contributed by atoms with Crippen LogP contribution in [0.4, 0.5) is 4.39 Å². The molecule has 1 saturated carbocycles. The topological polar surface area (TPSA) is 64.3 Å². The van der Waals surface area contributed by atoms with Crippen molar-refractivity contribution in [3.8, 4) is 5.75 Å². The molecule has 0 heterocycles. The Hall–Kier alpha value is -1.62. The molecule has 1 atom stereocenters. The number of methoxy groups -OCH3 is 1. The number of nitrogens with two attached hydrogens (primary N) is 1. The summed E-state index contributed by atoms with van der Waals surface area (Å²) in [5, 5.41) is 2.92. The van der Waals surface area contributed by atoms with Crippen LogP contribution in [-0.2, 0) is 4.79 Å². The van der Waals surface area contributed by atoms with Crippen LogP contribution in [0.25, 0.3) is 0 Å². The maximum Gasteiger partial charge on any atom is 0.221 e. The quantitative estimate of drug-likeness (QED) is 0.847. The molecule has 0 radical (unpaired) electrons. The third kappa shape index (κ3) is 3.53. The smallest absolute Gasteiger partial charge is 0.221 e. The first kappa shape index (κ1) is 15.8. The summed E-state index contributed by atoms with van der Waals surface area (Å²) in [4.78, 5) is 12.1. The highest BCUT2D eigenvalue weighted by atomic mass is 19.1. The number of halogens is 1. The van der Waals surface area contributed by atoms with E-state index in [0.29, 0.717) is 13.0 Å². The molecule has 0 aliphatic heterocycles. The molecule has 4 nitrogen and oxygen atoms in total. The molecule has 1 amide bonds. The van der Waals surface area contributed by atoms with Crippen LogP contribution in [-0.4, -0.2) is 19.6 Å². The molecule has 0 saturated heterocycles. The summed E-state index contributed by atoms with van der Waals surface area (Å²) in [5.74, 6) is -0.244. The van der Waals surface area contributed by atoms with Crippen LogP contribution in [0.2, 0.25) is 0 Å². The van der Waals surface area contributed by atoms with Gasteiger partial charge in [-0.1, -0.05) is 12.5 Å². The van der Waals surface area contributed by atoms with Gasteiger partial charge in [-0.25, -0.2) is 4.39 Å². The molecule has 2 rings (SSSR count). The van der Waals surface area contributed by atoms with Gasteiger partial charge in [0, 0.05) is 6.42 Å². The van der Waals surface area contributed by atoms with Crippen molar-refractivity contribution in [2.45, 2.75) is 38.6 Å². The number of hydrogen-bond donors (Lipinski definition) is 2. The van der Waals surface area contributed by atoms with E-state index in [4.69, 9.17) is 10.5 Å². The third-order valence-corrected chi connectivity index (χ3v) is 4.44. The Bertz CT molecular complexity index is 509. The summed E-state index contributed by atoms with van der Waals surface area (Å²) >= 11 is 0.